The highest BCUT2D eigenvalue weighted by Gasteiger charge is 2.23. The van der Waals surface area contributed by atoms with Gasteiger partial charge in [-0.3, -0.25) is 4.99 Å². The van der Waals surface area contributed by atoms with Crippen molar-refractivity contribution in [1.82, 2.24) is 0 Å². The Bertz CT molecular complexity index is 391. The zero-order chi connectivity index (χ0) is 11.5. The Kier molecular flexibility index (Phi) is 3.62. The molecule has 2 atom stereocenters. The van der Waals surface area contributed by atoms with Gasteiger partial charge >= 0.3 is 0 Å². The topological polar surface area (TPSA) is 38.4 Å². The average molecular weight is 237 g/mol. The van der Waals surface area contributed by atoms with Crippen LogP contribution in [-0.2, 0) is 0 Å². The first-order chi connectivity index (χ1) is 7.70. The molecule has 3 heteroatoms. The monoisotopic (exact) mass is 236 g/mol. The summed E-state index contributed by atoms with van der Waals surface area (Å²) < 4.78 is 0. The first-order valence-corrected chi connectivity index (χ1v) is 6.09. The van der Waals surface area contributed by atoms with Gasteiger partial charge in [-0.2, -0.15) is 0 Å². The largest absolute Gasteiger partial charge is 0.330 e. The third-order valence-corrected chi connectivity index (χ3v) is 3.32. The van der Waals surface area contributed by atoms with Crippen molar-refractivity contribution >= 4 is 16.8 Å². The van der Waals surface area contributed by atoms with Crippen LogP contribution in [0, 0.1) is 5.92 Å². The van der Waals surface area contributed by atoms with E-state index in [2.05, 4.69) is 36.2 Å². The fraction of sp³-hybridized carbons (Fsp3) is 0.462. The van der Waals surface area contributed by atoms with Gasteiger partial charge in [0.15, 0.2) is 0 Å². The molecule has 2 unspecified atom stereocenters. The molecule has 0 saturated heterocycles. The molecule has 2 aliphatic rings. The van der Waals surface area contributed by atoms with Crippen molar-refractivity contribution in [3.8, 4) is 0 Å². The molecule has 0 fully saturated rings. The Morgan fingerprint density at radius 1 is 1.44 bits per heavy atom. The SMILES string of the molecule is CC1=CC2C=C(CCCN)C(Cl)=NC2C=C1. The van der Waals surface area contributed by atoms with Gasteiger partial charge in [0.2, 0.25) is 0 Å². The first-order valence-electron chi connectivity index (χ1n) is 5.72. The molecular formula is C13H17ClN2. The number of allylic oxidation sites excluding steroid dienone is 3. The van der Waals surface area contributed by atoms with Crippen LogP contribution in [0.3, 0.4) is 0 Å². The van der Waals surface area contributed by atoms with Crippen LogP contribution in [0.1, 0.15) is 19.8 Å². The molecule has 1 aliphatic carbocycles. The maximum atomic E-state index is 6.16. The lowest BCUT2D eigenvalue weighted by atomic mass is 9.88. The molecule has 2 nitrogen and oxygen atoms in total. The van der Waals surface area contributed by atoms with Crippen LogP contribution in [0.4, 0.5) is 0 Å². The average Bonchev–Trinajstić information content (AvgIpc) is 2.27. The Morgan fingerprint density at radius 2 is 2.25 bits per heavy atom. The van der Waals surface area contributed by atoms with Crippen molar-refractivity contribution in [2.24, 2.45) is 16.6 Å². The van der Waals surface area contributed by atoms with Crippen molar-refractivity contribution < 1.29 is 0 Å². The molecule has 2 N–H and O–H groups in total. The fourth-order valence-electron chi connectivity index (χ4n) is 2.11. The molecule has 0 saturated carbocycles. The summed E-state index contributed by atoms with van der Waals surface area (Å²) in [5.41, 5.74) is 7.95. The van der Waals surface area contributed by atoms with Gasteiger partial charge in [0.05, 0.1) is 6.04 Å². The number of fused-ring (bicyclic) bond motifs is 1. The molecule has 16 heavy (non-hydrogen) atoms. The van der Waals surface area contributed by atoms with E-state index < -0.39 is 0 Å². The standard InChI is InChI=1S/C13H17ClN2/c1-9-4-5-12-11(7-9)8-10(3-2-6-15)13(14)16-12/h4-5,7-8,11-12H,2-3,6,15H2,1H3. The predicted molar refractivity (Wildman–Crippen MR) is 69.8 cm³/mol. The number of aliphatic imine (C=N–C) groups is 1. The van der Waals surface area contributed by atoms with E-state index in [1.165, 1.54) is 5.57 Å². The minimum absolute atomic E-state index is 0.192. The molecule has 0 aromatic heterocycles. The van der Waals surface area contributed by atoms with E-state index in [1.807, 2.05) is 0 Å². The van der Waals surface area contributed by atoms with Crippen molar-refractivity contribution in [2.45, 2.75) is 25.8 Å². The quantitative estimate of drug-likeness (QED) is 0.804. The second-order valence-corrected chi connectivity index (χ2v) is 4.70. The minimum Gasteiger partial charge on any atom is -0.330 e. The maximum absolute atomic E-state index is 6.16. The number of hydrogen-bond acceptors (Lipinski definition) is 2. The molecule has 0 bridgehead atoms. The summed E-state index contributed by atoms with van der Waals surface area (Å²) in [5.74, 6) is 0.375. The van der Waals surface area contributed by atoms with E-state index >= 15 is 0 Å². The number of rotatable bonds is 3. The van der Waals surface area contributed by atoms with Gasteiger partial charge in [-0.25, -0.2) is 0 Å². The second-order valence-electron chi connectivity index (χ2n) is 4.34. The first kappa shape index (κ1) is 11.6. The summed E-state index contributed by atoms with van der Waals surface area (Å²) >= 11 is 6.16. The zero-order valence-electron chi connectivity index (χ0n) is 9.49. The third-order valence-electron chi connectivity index (χ3n) is 2.98. The van der Waals surface area contributed by atoms with E-state index in [-0.39, 0.29) is 6.04 Å². The van der Waals surface area contributed by atoms with Gasteiger partial charge in [0, 0.05) is 5.92 Å². The molecule has 2 rings (SSSR count). The van der Waals surface area contributed by atoms with Gasteiger partial charge < -0.3 is 5.73 Å². The molecule has 0 aromatic carbocycles. The summed E-state index contributed by atoms with van der Waals surface area (Å²) in [6.07, 6.45) is 10.6. The third kappa shape index (κ3) is 2.45. The highest BCUT2D eigenvalue weighted by Crippen LogP contribution is 2.29. The number of nitrogens with zero attached hydrogens (tertiary/aromatic N) is 1. The van der Waals surface area contributed by atoms with E-state index in [1.54, 1.807) is 0 Å². The highest BCUT2D eigenvalue weighted by molar-refractivity contribution is 6.69. The van der Waals surface area contributed by atoms with Gasteiger partial charge in [-0.05, 0) is 31.9 Å². The van der Waals surface area contributed by atoms with Crippen LogP contribution in [0.2, 0.25) is 0 Å². The molecule has 0 spiro atoms. The van der Waals surface area contributed by atoms with Crippen molar-refractivity contribution in [2.75, 3.05) is 6.54 Å². The van der Waals surface area contributed by atoms with Crippen LogP contribution < -0.4 is 5.73 Å². The van der Waals surface area contributed by atoms with Gasteiger partial charge in [0.25, 0.3) is 0 Å². The summed E-state index contributed by atoms with van der Waals surface area (Å²) in [5, 5.41) is 0.660. The van der Waals surface area contributed by atoms with Gasteiger partial charge in [-0.15, -0.1) is 0 Å². The van der Waals surface area contributed by atoms with E-state index in [9.17, 15) is 0 Å². The summed E-state index contributed by atoms with van der Waals surface area (Å²) in [7, 11) is 0. The minimum atomic E-state index is 0.192. The van der Waals surface area contributed by atoms with E-state index in [4.69, 9.17) is 17.3 Å². The predicted octanol–water partition coefficient (Wildman–Crippen LogP) is 2.80. The summed E-state index contributed by atoms with van der Waals surface area (Å²) in [4.78, 5) is 4.51. The van der Waals surface area contributed by atoms with E-state index in [0.717, 1.165) is 18.4 Å². The Morgan fingerprint density at radius 3 is 3.00 bits per heavy atom. The molecule has 1 heterocycles. The van der Waals surface area contributed by atoms with E-state index in [0.29, 0.717) is 17.6 Å². The van der Waals surface area contributed by atoms with Crippen LogP contribution >= 0.6 is 11.6 Å². The normalized spacial score (nSPS) is 28.1. The number of hydrogen-bond donors (Lipinski definition) is 1. The van der Waals surface area contributed by atoms with Crippen molar-refractivity contribution in [3.63, 3.8) is 0 Å². The van der Waals surface area contributed by atoms with Crippen LogP contribution in [0.5, 0.6) is 0 Å². The second kappa shape index (κ2) is 4.98. The van der Waals surface area contributed by atoms with Gasteiger partial charge in [-0.1, -0.05) is 41.5 Å². The van der Waals surface area contributed by atoms with Crippen LogP contribution in [0.25, 0.3) is 0 Å². The van der Waals surface area contributed by atoms with Crippen LogP contribution in [0.15, 0.2) is 40.4 Å². The molecule has 0 aromatic rings. The molecular weight excluding hydrogens is 220 g/mol. The summed E-state index contributed by atoms with van der Waals surface area (Å²) in [6, 6.07) is 0.192. The smallest absolute Gasteiger partial charge is 0.127 e. The Balaban J connectivity index is 2.16. The lowest BCUT2D eigenvalue weighted by Gasteiger charge is -2.25. The Labute approximate surface area is 102 Å². The zero-order valence-corrected chi connectivity index (χ0v) is 10.2. The summed E-state index contributed by atoms with van der Waals surface area (Å²) in [6.45, 7) is 2.81. The van der Waals surface area contributed by atoms with Gasteiger partial charge in [0.1, 0.15) is 5.17 Å². The van der Waals surface area contributed by atoms with Crippen molar-refractivity contribution in [1.29, 1.82) is 0 Å². The number of nitrogens with two attached hydrogens (primary N) is 1. The maximum Gasteiger partial charge on any atom is 0.127 e. The highest BCUT2D eigenvalue weighted by atomic mass is 35.5. The lowest BCUT2D eigenvalue weighted by Crippen LogP contribution is -2.22. The molecule has 0 radical (unpaired) electrons. The molecule has 0 amide bonds. The fourth-order valence-corrected chi connectivity index (χ4v) is 2.38. The van der Waals surface area contributed by atoms with Crippen molar-refractivity contribution in [3.05, 3.63) is 35.5 Å². The number of dihydropyridines is 1. The van der Waals surface area contributed by atoms with Crippen LogP contribution in [-0.4, -0.2) is 17.8 Å². The number of halogens is 1. The molecule has 1 aliphatic heterocycles. The molecule has 86 valence electrons. The Hall–Kier alpha value is -0.860. The lowest BCUT2D eigenvalue weighted by molar-refractivity contribution is 0.663.